The number of allylic oxidation sites excluding steroid dienone is 3. The maximum absolute atomic E-state index is 11.8. The Morgan fingerprint density at radius 2 is 1.96 bits per heavy atom. The summed E-state index contributed by atoms with van der Waals surface area (Å²) in [5.74, 6) is 0.206. The van der Waals surface area contributed by atoms with Crippen molar-refractivity contribution < 1.29 is 19.0 Å². The summed E-state index contributed by atoms with van der Waals surface area (Å²) in [6.07, 6.45) is 6.10. The molecule has 1 N–H and O–H groups in total. The van der Waals surface area contributed by atoms with E-state index in [1.54, 1.807) is 18.2 Å². The molecule has 0 saturated carbocycles. The Bertz CT molecular complexity index is 899. The quantitative estimate of drug-likeness (QED) is 0.499. The van der Waals surface area contributed by atoms with Crippen LogP contribution in [0.1, 0.15) is 47.5 Å². The number of rotatable bonds is 8. The molecule has 27 heavy (non-hydrogen) atoms. The molecular formula is C22H28O5. The van der Waals surface area contributed by atoms with Gasteiger partial charge in [-0.2, -0.15) is 0 Å². The van der Waals surface area contributed by atoms with Gasteiger partial charge >= 0.3 is 5.63 Å². The highest BCUT2D eigenvalue weighted by Gasteiger charge is 2.16. The smallest absolute Gasteiger partial charge is 0.382 e. The lowest BCUT2D eigenvalue weighted by molar-refractivity contribution is 0.231. The van der Waals surface area contributed by atoms with Gasteiger partial charge in [0.05, 0.1) is 11.5 Å². The van der Waals surface area contributed by atoms with Crippen molar-refractivity contribution in [3.8, 4) is 17.2 Å². The molecule has 0 radical (unpaired) electrons. The maximum Gasteiger partial charge on any atom is 0.382 e. The van der Waals surface area contributed by atoms with Gasteiger partial charge in [0.1, 0.15) is 17.9 Å². The van der Waals surface area contributed by atoms with E-state index in [1.165, 1.54) is 11.1 Å². The fourth-order valence-corrected chi connectivity index (χ4v) is 2.56. The molecule has 2 aromatic rings. The number of hydrogen-bond acceptors (Lipinski definition) is 5. The lowest BCUT2D eigenvalue weighted by atomic mass is 10.1. The van der Waals surface area contributed by atoms with Gasteiger partial charge in [-0.15, -0.1) is 0 Å². The summed E-state index contributed by atoms with van der Waals surface area (Å²) in [6.45, 7) is 10.4. The molecule has 5 heteroatoms. The summed E-state index contributed by atoms with van der Waals surface area (Å²) in [7, 11) is 0. The van der Waals surface area contributed by atoms with Crippen molar-refractivity contribution in [1.82, 2.24) is 0 Å². The second-order valence-corrected chi connectivity index (χ2v) is 7.07. The van der Waals surface area contributed by atoms with Crippen LogP contribution in [-0.2, 0) is 0 Å². The first-order valence-electron chi connectivity index (χ1n) is 9.16. The van der Waals surface area contributed by atoms with Gasteiger partial charge in [-0.1, -0.05) is 17.2 Å². The molecule has 0 spiro atoms. The van der Waals surface area contributed by atoms with Crippen molar-refractivity contribution in [2.75, 3.05) is 6.61 Å². The molecular weight excluding hydrogens is 344 g/mol. The monoisotopic (exact) mass is 372 g/mol. The van der Waals surface area contributed by atoms with Gasteiger partial charge in [0, 0.05) is 6.07 Å². The fourth-order valence-electron chi connectivity index (χ4n) is 2.56. The number of aromatic hydroxyl groups is 1. The van der Waals surface area contributed by atoms with Crippen LogP contribution in [0.3, 0.4) is 0 Å². The van der Waals surface area contributed by atoms with E-state index in [4.69, 9.17) is 13.9 Å². The summed E-state index contributed by atoms with van der Waals surface area (Å²) >= 11 is 0. The molecule has 0 unspecified atom stereocenters. The zero-order valence-corrected chi connectivity index (χ0v) is 16.7. The second-order valence-electron chi connectivity index (χ2n) is 7.07. The molecule has 0 amide bonds. The van der Waals surface area contributed by atoms with Crippen molar-refractivity contribution in [3.63, 3.8) is 0 Å². The van der Waals surface area contributed by atoms with E-state index < -0.39 is 11.4 Å². The van der Waals surface area contributed by atoms with Gasteiger partial charge in [0.25, 0.3) is 0 Å². The van der Waals surface area contributed by atoms with E-state index in [9.17, 15) is 9.90 Å². The van der Waals surface area contributed by atoms with E-state index >= 15 is 0 Å². The van der Waals surface area contributed by atoms with Gasteiger partial charge in [0.2, 0.25) is 5.75 Å². The first-order chi connectivity index (χ1) is 12.8. The van der Waals surface area contributed by atoms with Crippen LogP contribution in [0, 0.1) is 0 Å². The predicted octanol–water partition coefficient (Wildman–Crippen LogP) is 5.36. The molecule has 5 nitrogen and oxygen atoms in total. The molecule has 146 valence electrons. The third-order valence-electron chi connectivity index (χ3n) is 3.94. The Morgan fingerprint density at radius 1 is 1.22 bits per heavy atom. The summed E-state index contributed by atoms with van der Waals surface area (Å²) in [5, 5.41) is 10.5. The number of benzene rings is 1. The van der Waals surface area contributed by atoms with Crippen LogP contribution in [-0.4, -0.2) is 17.8 Å². The lowest BCUT2D eigenvalue weighted by Gasteiger charge is -2.13. The second kappa shape index (κ2) is 9.31. The SMILES string of the molecule is CC(C)=CCC/C(C)=C/COc1ccc2c(OC(C)C)c(O)c(=O)oc2c1. The lowest BCUT2D eigenvalue weighted by Crippen LogP contribution is -2.09. The third kappa shape index (κ3) is 5.91. The first-order valence-corrected chi connectivity index (χ1v) is 9.16. The maximum atomic E-state index is 11.8. The van der Waals surface area contributed by atoms with Crippen LogP contribution in [0.15, 0.2) is 50.7 Å². The third-order valence-corrected chi connectivity index (χ3v) is 3.94. The van der Waals surface area contributed by atoms with Gasteiger partial charge in [-0.25, -0.2) is 4.79 Å². The molecule has 0 aliphatic rings. The van der Waals surface area contributed by atoms with E-state index in [1.807, 2.05) is 19.9 Å². The average Bonchev–Trinajstić information content (AvgIpc) is 2.58. The van der Waals surface area contributed by atoms with E-state index in [-0.39, 0.29) is 11.9 Å². The highest BCUT2D eigenvalue weighted by Crippen LogP contribution is 2.34. The molecule has 0 fully saturated rings. The van der Waals surface area contributed by atoms with E-state index in [0.717, 1.165) is 12.8 Å². The van der Waals surface area contributed by atoms with Crippen molar-refractivity contribution in [2.45, 2.75) is 53.6 Å². The Morgan fingerprint density at radius 3 is 2.63 bits per heavy atom. The molecule has 0 atom stereocenters. The van der Waals surface area contributed by atoms with Crippen molar-refractivity contribution >= 4 is 11.0 Å². The summed E-state index contributed by atoms with van der Waals surface area (Å²) in [5.41, 5.74) is 2.07. The molecule has 1 aromatic carbocycles. The minimum Gasteiger partial charge on any atom is -0.499 e. The molecule has 1 heterocycles. The van der Waals surface area contributed by atoms with E-state index in [0.29, 0.717) is 23.3 Å². The van der Waals surface area contributed by atoms with Crippen LogP contribution in [0.4, 0.5) is 0 Å². The molecule has 2 rings (SSSR count). The zero-order valence-electron chi connectivity index (χ0n) is 16.7. The topological polar surface area (TPSA) is 68.9 Å². The van der Waals surface area contributed by atoms with Gasteiger partial charge in [-0.05, 0) is 65.7 Å². The molecule has 0 aliphatic heterocycles. The van der Waals surface area contributed by atoms with Crippen LogP contribution in [0.25, 0.3) is 11.0 Å². The average molecular weight is 372 g/mol. The van der Waals surface area contributed by atoms with Crippen molar-refractivity contribution in [1.29, 1.82) is 0 Å². The van der Waals surface area contributed by atoms with Crippen molar-refractivity contribution in [2.24, 2.45) is 0 Å². The van der Waals surface area contributed by atoms with Crippen LogP contribution >= 0.6 is 0 Å². The van der Waals surface area contributed by atoms with Gasteiger partial charge < -0.3 is 19.0 Å². The standard InChI is InChI=1S/C22H28O5/c1-14(2)7-6-8-16(5)11-12-25-17-9-10-18-19(13-17)27-22(24)20(23)21(18)26-15(3)4/h7,9-11,13,15,23H,6,8,12H2,1-5H3/b16-11+. The van der Waals surface area contributed by atoms with Crippen molar-refractivity contribution in [3.05, 3.63) is 51.9 Å². The number of hydrogen-bond donors (Lipinski definition) is 1. The first kappa shape index (κ1) is 20.6. The minimum atomic E-state index is -0.828. The Balaban J connectivity index is 2.13. The van der Waals surface area contributed by atoms with Crippen LogP contribution in [0.2, 0.25) is 0 Å². The number of ether oxygens (including phenoxy) is 2. The molecule has 0 bridgehead atoms. The zero-order chi connectivity index (χ0) is 20.0. The van der Waals surface area contributed by atoms with E-state index in [2.05, 4.69) is 26.8 Å². The normalized spacial score (nSPS) is 11.7. The highest BCUT2D eigenvalue weighted by molar-refractivity contribution is 5.86. The van der Waals surface area contributed by atoms with Gasteiger partial charge in [-0.3, -0.25) is 0 Å². The minimum absolute atomic E-state index is 0.137. The largest absolute Gasteiger partial charge is 0.499 e. The van der Waals surface area contributed by atoms with Gasteiger partial charge in [0.15, 0.2) is 5.75 Å². The fraction of sp³-hybridized carbons (Fsp3) is 0.409. The van der Waals surface area contributed by atoms with Crippen LogP contribution < -0.4 is 15.1 Å². The number of fused-ring (bicyclic) bond motifs is 1. The van der Waals surface area contributed by atoms with Crippen LogP contribution in [0.5, 0.6) is 17.2 Å². The summed E-state index contributed by atoms with van der Waals surface area (Å²) < 4.78 is 16.5. The Kier molecular flexibility index (Phi) is 7.11. The molecule has 0 saturated heterocycles. The predicted molar refractivity (Wildman–Crippen MR) is 108 cm³/mol. The Labute approximate surface area is 159 Å². The summed E-state index contributed by atoms with van der Waals surface area (Å²) in [6, 6.07) is 5.12. The molecule has 0 aliphatic carbocycles. The molecule has 1 aromatic heterocycles. The summed E-state index contributed by atoms with van der Waals surface area (Å²) in [4.78, 5) is 11.8. The highest BCUT2D eigenvalue weighted by atomic mass is 16.5. The Hall–Kier alpha value is -2.69.